The van der Waals surface area contributed by atoms with Gasteiger partial charge in [-0.1, -0.05) is 0 Å². The van der Waals surface area contributed by atoms with Gasteiger partial charge in [-0.15, -0.1) is 11.8 Å². The van der Waals surface area contributed by atoms with Crippen LogP contribution in [0.1, 0.15) is 5.56 Å². The first-order valence-electron chi connectivity index (χ1n) is 6.13. The topological polar surface area (TPSA) is 68.3 Å². The minimum Gasteiger partial charge on any atom is -0.492 e. The normalized spacial score (nSPS) is 12.9. The second-order valence-electron chi connectivity index (χ2n) is 4.27. The van der Waals surface area contributed by atoms with Crippen molar-refractivity contribution in [3.63, 3.8) is 0 Å². The summed E-state index contributed by atoms with van der Waals surface area (Å²) < 4.78 is 11.3. The Balaban J connectivity index is 1.90. The van der Waals surface area contributed by atoms with Gasteiger partial charge in [-0.3, -0.25) is 0 Å². The summed E-state index contributed by atoms with van der Waals surface area (Å²) in [5.74, 6) is 3.00. The molecule has 0 saturated heterocycles. The standard InChI is InChI=1S/C15H12N2O2S/c16-9-10-7-11(17)1-3-13(10)19-12-2-4-14-15(8-12)20-6-5-18-14/h1-4,7-8H,5-6,17H2. The number of nitrogens with two attached hydrogens (primary N) is 1. The average molecular weight is 284 g/mol. The Morgan fingerprint density at radius 2 is 2.15 bits per heavy atom. The molecule has 0 bridgehead atoms. The Hall–Kier alpha value is -2.32. The molecule has 20 heavy (non-hydrogen) atoms. The second-order valence-corrected chi connectivity index (χ2v) is 5.41. The van der Waals surface area contributed by atoms with Gasteiger partial charge in [0.1, 0.15) is 23.3 Å². The van der Waals surface area contributed by atoms with E-state index >= 15 is 0 Å². The van der Waals surface area contributed by atoms with E-state index in [0.29, 0.717) is 22.7 Å². The molecule has 0 atom stereocenters. The van der Waals surface area contributed by atoms with Crippen LogP contribution in [0.15, 0.2) is 41.3 Å². The zero-order chi connectivity index (χ0) is 13.9. The number of hydrogen-bond donors (Lipinski definition) is 1. The number of nitriles is 1. The van der Waals surface area contributed by atoms with Gasteiger partial charge < -0.3 is 15.2 Å². The highest BCUT2D eigenvalue weighted by atomic mass is 32.2. The fourth-order valence-corrected chi connectivity index (χ4v) is 2.79. The minimum absolute atomic E-state index is 0.423. The number of nitrogens with zero attached hydrogens (tertiary/aromatic N) is 1. The highest BCUT2D eigenvalue weighted by Gasteiger charge is 2.13. The molecule has 1 heterocycles. The predicted octanol–water partition coefficient (Wildman–Crippen LogP) is 3.42. The van der Waals surface area contributed by atoms with Crippen LogP contribution in [-0.4, -0.2) is 12.4 Å². The van der Waals surface area contributed by atoms with Gasteiger partial charge in [0.15, 0.2) is 0 Å². The number of benzene rings is 2. The van der Waals surface area contributed by atoms with E-state index in [2.05, 4.69) is 6.07 Å². The van der Waals surface area contributed by atoms with Crippen molar-refractivity contribution in [2.45, 2.75) is 4.90 Å². The molecule has 0 aromatic heterocycles. The van der Waals surface area contributed by atoms with Crippen LogP contribution in [0.4, 0.5) is 5.69 Å². The minimum atomic E-state index is 0.423. The van der Waals surface area contributed by atoms with E-state index in [-0.39, 0.29) is 0 Å². The molecular weight excluding hydrogens is 272 g/mol. The van der Waals surface area contributed by atoms with Gasteiger partial charge >= 0.3 is 0 Å². The van der Waals surface area contributed by atoms with Crippen molar-refractivity contribution in [3.8, 4) is 23.3 Å². The third-order valence-electron chi connectivity index (χ3n) is 2.87. The maximum atomic E-state index is 9.10. The first-order chi connectivity index (χ1) is 9.76. The number of hydrogen-bond acceptors (Lipinski definition) is 5. The maximum Gasteiger partial charge on any atom is 0.145 e. The average Bonchev–Trinajstić information content (AvgIpc) is 2.49. The van der Waals surface area contributed by atoms with Gasteiger partial charge in [-0.25, -0.2) is 0 Å². The summed E-state index contributed by atoms with van der Waals surface area (Å²) in [6, 6.07) is 12.8. The van der Waals surface area contributed by atoms with Gasteiger partial charge in [0.2, 0.25) is 0 Å². The van der Waals surface area contributed by atoms with Gasteiger partial charge in [-0.2, -0.15) is 5.26 Å². The summed E-state index contributed by atoms with van der Waals surface area (Å²) in [5, 5.41) is 9.10. The van der Waals surface area contributed by atoms with Crippen LogP contribution in [0.5, 0.6) is 17.2 Å². The van der Waals surface area contributed by atoms with E-state index in [1.54, 1.807) is 30.0 Å². The van der Waals surface area contributed by atoms with E-state index in [4.69, 9.17) is 20.5 Å². The summed E-state index contributed by atoms with van der Waals surface area (Å²) in [7, 11) is 0. The largest absolute Gasteiger partial charge is 0.492 e. The molecular formula is C15H12N2O2S. The molecule has 0 aliphatic carbocycles. The van der Waals surface area contributed by atoms with Crippen molar-refractivity contribution in [3.05, 3.63) is 42.0 Å². The Bertz CT molecular complexity index is 695. The van der Waals surface area contributed by atoms with Crippen LogP contribution in [0, 0.1) is 11.3 Å². The molecule has 0 unspecified atom stereocenters. The zero-order valence-corrected chi connectivity index (χ0v) is 11.4. The third kappa shape index (κ3) is 2.51. The summed E-state index contributed by atoms with van der Waals surface area (Å²) in [5.41, 5.74) is 6.63. The highest BCUT2D eigenvalue weighted by Crippen LogP contribution is 2.37. The monoisotopic (exact) mass is 284 g/mol. The number of nitrogen functional groups attached to an aromatic ring is 1. The lowest BCUT2D eigenvalue weighted by atomic mass is 10.2. The summed E-state index contributed by atoms with van der Waals surface area (Å²) in [6.45, 7) is 0.731. The molecule has 2 aromatic carbocycles. The number of anilines is 1. The first-order valence-corrected chi connectivity index (χ1v) is 7.12. The SMILES string of the molecule is N#Cc1cc(N)ccc1Oc1ccc2c(c1)SCCO2. The van der Waals surface area contributed by atoms with Crippen LogP contribution in [0.25, 0.3) is 0 Å². The smallest absolute Gasteiger partial charge is 0.145 e. The van der Waals surface area contributed by atoms with Crippen molar-refractivity contribution in [1.82, 2.24) is 0 Å². The molecule has 1 aliphatic rings. The molecule has 100 valence electrons. The van der Waals surface area contributed by atoms with E-state index < -0.39 is 0 Å². The first kappa shape index (κ1) is 12.7. The third-order valence-corrected chi connectivity index (χ3v) is 3.87. The number of rotatable bonds is 2. The molecule has 5 heteroatoms. The molecule has 4 nitrogen and oxygen atoms in total. The zero-order valence-electron chi connectivity index (χ0n) is 10.6. The molecule has 2 aromatic rings. The number of thioether (sulfide) groups is 1. The number of ether oxygens (including phenoxy) is 2. The highest BCUT2D eigenvalue weighted by molar-refractivity contribution is 7.99. The lowest BCUT2D eigenvalue weighted by Gasteiger charge is -2.17. The fraction of sp³-hybridized carbons (Fsp3) is 0.133. The Morgan fingerprint density at radius 1 is 1.25 bits per heavy atom. The Morgan fingerprint density at radius 3 is 3.00 bits per heavy atom. The molecule has 0 radical (unpaired) electrons. The van der Waals surface area contributed by atoms with E-state index in [0.717, 1.165) is 23.0 Å². The number of fused-ring (bicyclic) bond motifs is 1. The summed E-state index contributed by atoms with van der Waals surface area (Å²) in [4.78, 5) is 1.06. The van der Waals surface area contributed by atoms with Crippen molar-refractivity contribution in [2.75, 3.05) is 18.1 Å². The van der Waals surface area contributed by atoms with Crippen LogP contribution in [-0.2, 0) is 0 Å². The fourth-order valence-electron chi connectivity index (χ4n) is 1.94. The van der Waals surface area contributed by atoms with Crippen LogP contribution in [0.3, 0.4) is 0 Å². The van der Waals surface area contributed by atoms with Crippen molar-refractivity contribution >= 4 is 17.4 Å². The maximum absolute atomic E-state index is 9.10. The lowest BCUT2D eigenvalue weighted by Crippen LogP contribution is -2.06. The molecule has 3 rings (SSSR count). The van der Waals surface area contributed by atoms with Crippen LogP contribution < -0.4 is 15.2 Å². The molecule has 0 amide bonds. The summed E-state index contributed by atoms with van der Waals surface area (Å²) in [6.07, 6.45) is 0. The molecule has 0 spiro atoms. The van der Waals surface area contributed by atoms with E-state index in [1.807, 2.05) is 18.2 Å². The van der Waals surface area contributed by atoms with Crippen LogP contribution in [0.2, 0.25) is 0 Å². The van der Waals surface area contributed by atoms with Gasteiger partial charge in [0.05, 0.1) is 17.1 Å². The van der Waals surface area contributed by atoms with Gasteiger partial charge in [0, 0.05) is 11.4 Å². The van der Waals surface area contributed by atoms with Crippen molar-refractivity contribution in [1.29, 1.82) is 5.26 Å². The van der Waals surface area contributed by atoms with Gasteiger partial charge in [-0.05, 0) is 36.4 Å². The van der Waals surface area contributed by atoms with Crippen molar-refractivity contribution < 1.29 is 9.47 Å². The van der Waals surface area contributed by atoms with Crippen molar-refractivity contribution in [2.24, 2.45) is 0 Å². The quantitative estimate of drug-likeness (QED) is 0.856. The summed E-state index contributed by atoms with van der Waals surface area (Å²) >= 11 is 1.74. The molecule has 1 aliphatic heterocycles. The Labute approximate surface area is 121 Å². The molecule has 0 saturated carbocycles. The molecule has 0 fully saturated rings. The lowest BCUT2D eigenvalue weighted by molar-refractivity contribution is 0.329. The molecule has 2 N–H and O–H groups in total. The second kappa shape index (κ2) is 5.35. The predicted molar refractivity (Wildman–Crippen MR) is 78.3 cm³/mol. The van der Waals surface area contributed by atoms with Crippen LogP contribution >= 0.6 is 11.8 Å². The van der Waals surface area contributed by atoms with E-state index in [1.165, 1.54) is 0 Å². The van der Waals surface area contributed by atoms with Gasteiger partial charge in [0.25, 0.3) is 0 Å². The Kier molecular flexibility index (Phi) is 3.40. The van der Waals surface area contributed by atoms with E-state index in [9.17, 15) is 0 Å².